The summed E-state index contributed by atoms with van der Waals surface area (Å²) in [6.45, 7) is 0. The standard InChI is InChI=1S/C13H9F3N4O2/c14-13(15,16)22-9-4-2-1-3-7(9)5-10-18-8-6-17-20-11(8)12(21)19-10/h1-4,6H,5H2,(H,17,20)(H,18,19,21). The number of aromatic amines is 2. The predicted octanol–water partition coefficient (Wildman–Crippen LogP) is 2.14. The number of ether oxygens (including phenoxy) is 1. The lowest BCUT2D eigenvalue weighted by atomic mass is 10.1. The van der Waals surface area contributed by atoms with Crippen LogP contribution in [0.1, 0.15) is 11.4 Å². The fraction of sp³-hybridized carbons (Fsp3) is 0.154. The summed E-state index contributed by atoms with van der Waals surface area (Å²) in [7, 11) is 0. The number of halogens is 3. The van der Waals surface area contributed by atoms with E-state index in [-0.39, 0.29) is 29.1 Å². The van der Waals surface area contributed by atoms with Gasteiger partial charge in [-0.3, -0.25) is 9.89 Å². The summed E-state index contributed by atoms with van der Waals surface area (Å²) in [6.07, 6.45) is -3.43. The largest absolute Gasteiger partial charge is 0.573 e. The Morgan fingerprint density at radius 2 is 2.00 bits per heavy atom. The topological polar surface area (TPSA) is 83.7 Å². The van der Waals surface area contributed by atoms with Crippen molar-refractivity contribution in [3.63, 3.8) is 0 Å². The molecule has 3 aromatic rings. The number of H-pyrrole nitrogens is 2. The third-order valence-electron chi connectivity index (χ3n) is 2.92. The molecule has 0 radical (unpaired) electrons. The van der Waals surface area contributed by atoms with Crippen molar-refractivity contribution in [2.75, 3.05) is 0 Å². The SMILES string of the molecule is O=c1[nH]c(Cc2ccccc2OC(F)(F)F)nc2cn[nH]c12. The smallest absolute Gasteiger partial charge is 0.405 e. The van der Waals surface area contributed by atoms with Crippen LogP contribution in [-0.2, 0) is 6.42 Å². The molecule has 0 amide bonds. The first kappa shape index (κ1) is 14.1. The number of alkyl halides is 3. The number of hydrogen-bond acceptors (Lipinski definition) is 4. The fourth-order valence-electron chi connectivity index (χ4n) is 2.04. The highest BCUT2D eigenvalue weighted by atomic mass is 19.4. The molecule has 0 atom stereocenters. The maximum Gasteiger partial charge on any atom is 0.573 e. The van der Waals surface area contributed by atoms with Gasteiger partial charge in [0.15, 0.2) is 0 Å². The molecule has 2 heterocycles. The van der Waals surface area contributed by atoms with E-state index in [1.54, 1.807) is 6.07 Å². The lowest BCUT2D eigenvalue weighted by molar-refractivity contribution is -0.274. The molecule has 0 spiro atoms. The van der Waals surface area contributed by atoms with Crippen LogP contribution in [0.15, 0.2) is 35.3 Å². The van der Waals surface area contributed by atoms with Crippen molar-refractivity contribution in [1.29, 1.82) is 0 Å². The highest BCUT2D eigenvalue weighted by molar-refractivity contribution is 5.71. The van der Waals surface area contributed by atoms with E-state index in [0.717, 1.165) is 0 Å². The van der Waals surface area contributed by atoms with E-state index in [1.165, 1.54) is 24.4 Å². The van der Waals surface area contributed by atoms with E-state index < -0.39 is 11.9 Å². The molecule has 0 unspecified atom stereocenters. The molecule has 0 saturated heterocycles. The molecule has 6 nitrogen and oxygen atoms in total. The van der Waals surface area contributed by atoms with Crippen LogP contribution in [0.2, 0.25) is 0 Å². The number of rotatable bonds is 3. The number of hydrogen-bond donors (Lipinski definition) is 2. The average molecular weight is 310 g/mol. The molecule has 2 N–H and O–H groups in total. The summed E-state index contributed by atoms with van der Waals surface area (Å²) in [6, 6.07) is 5.69. The lowest BCUT2D eigenvalue weighted by Crippen LogP contribution is -2.18. The maximum atomic E-state index is 12.4. The van der Waals surface area contributed by atoms with Gasteiger partial charge in [0.2, 0.25) is 0 Å². The molecule has 0 bridgehead atoms. The molecule has 1 aromatic carbocycles. The lowest BCUT2D eigenvalue weighted by Gasteiger charge is -2.12. The van der Waals surface area contributed by atoms with Crippen LogP contribution in [0.3, 0.4) is 0 Å². The van der Waals surface area contributed by atoms with Crippen LogP contribution in [0, 0.1) is 0 Å². The Bertz CT molecular complexity index is 869. The summed E-state index contributed by atoms with van der Waals surface area (Å²) in [4.78, 5) is 18.4. The molecule has 0 aliphatic carbocycles. The monoisotopic (exact) mass is 310 g/mol. The average Bonchev–Trinajstić information content (AvgIpc) is 2.88. The highest BCUT2D eigenvalue weighted by Gasteiger charge is 2.32. The Kier molecular flexibility index (Phi) is 3.32. The van der Waals surface area contributed by atoms with Crippen molar-refractivity contribution in [2.45, 2.75) is 12.8 Å². The summed E-state index contributed by atoms with van der Waals surface area (Å²) in [5.74, 6) is -0.109. The number of fused-ring (bicyclic) bond motifs is 1. The molecule has 114 valence electrons. The van der Waals surface area contributed by atoms with Crippen LogP contribution in [0.5, 0.6) is 5.75 Å². The van der Waals surface area contributed by atoms with Gasteiger partial charge < -0.3 is 9.72 Å². The van der Waals surface area contributed by atoms with Crippen molar-refractivity contribution in [1.82, 2.24) is 20.2 Å². The van der Waals surface area contributed by atoms with Crippen molar-refractivity contribution >= 4 is 11.0 Å². The molecular formula is C13H9F3N4O2. The van der Waals surface area contributed by atoms with Gasteiger partial charge in [0.25, 0.3) is 5.56 Å². The van der Waals surface area contributed by atoms with Gasteiger partial charge in [-0.25, -0.2) is 4.98 Å². The van der Waals surface area contributed by atoms with Gasteiger partial charge in [0.1, 0.15) is 22.6 Å². The van der Waals surface area contributed by atoms with E-state index in [4.69, 9.17) is 0 Å². The number of para-hydroxylation sites is 1. The summed E-state index contributed by atoms with van der Waals surface area (Å²) < 4.78 is 41.1. The van der Waals surface area contributed by atoms with E-state index in [0.29, 0.717) is 5.52 Å². The Hall–Kier alpha value is -2.84. The minimum atomic E-state index is -4.79. The molecule has 9 heteroatoms. The molecule has 0 aliphatic rings. The zero-order chi connectivity index (χ0) is 15.7. The van der Waals surface area contributed by atoms with Crippen molar-refractivity contribution in [3.05, 3.63) is 52.2 Å². The van der Waals surface area contributed by atoms with Gasteiger partial charge in [0, 0.05) is 12.0 Å². The predicted molar refractivity (Wildman–Crippen MR) is 70.4 cm³/mol. The molecule has 0 fully saturated rings. The first-order chi connectivity index (χ1) is 10.4. The quantitative estimate of drug-likeness (QED) is 0.776. The third-order valence-corrected chi connectivity index (χ3v) is 2.92. The number of nitrogens with one attached hydrogen (secondary N) is 2. The minimum absolute atomic E-state index is 0.0113. The number of benzene rings is 1. The molecule has 3 rings (SSSR count). The van der Waals surface area contributed by atoms with Gasteiger partial charge in [-0.05, 0) is 6.07 Å². The molecular weight excluding hydrogens is 301 g/mol. The zero-order valence-electron chi connectivity index (χ0n) is 10.9. The molecule has 0 saturated carbocycles. The van der Waals surface area contributed by atoms with Crippen molar-refractivity contribution in [3.8, 4) is 5.75 Å². The van der Waals surface area contributed by atoms with Gasteiger partial charge in [-0.2, -0.15) is 5.10 Å². The van der Waals surface area contributed by atoms with Gasteiger partial charge in [-0.1, -0.05) is 18.2 Å². The van der Waals surface area contributed by atoms with E-state index >= 15 is 0 Å². The second-order valence-electron chi connectivity index (χ2n) is 4.48. The Balaban J connectivity index is 1.96. The third kappa shape index (κ3) is 2.92. The molecule has 22 heavy (non-hydrogen) atoms. The summed E-state index contributed by atoms with van der Waals surface area (Å²) in [5, 5.41) is 6.19. The van der Waals surface area contributed by atoms with Crippen molar-refractivity contribution in [2.24, 2.45) is 0 Å². The minimum Gasteiger partial charge on any atom is -0.405 e. The van der Waals surface area contributed by atoms with E-state index in [9.17, 15) is 18.0 Å². The Morgan fingerprint density at radius 1 is 1.23 bits per heavy atom. The normalized spacial score (nSPS) is 11.8. The van der Waals surface area contributed by atoms with Gasteiger partial charge in [0.05, 0.1) is 6.20 Å². The first-order valence-electron chi connectivity index (χ1n) is 6.18. The number of aromatic nitrogens is 4. The Labute approximate surface area is 121 Å². The van der Waals surface area contributed by atoms with E-state index in [2.05, 4.69) is 24.9 Å². The molecule has 2 aromatic heterocycles. The summed E-state index contributed by atoms with van der Waals surface area (Å²) >= 11 is 0. The van der Waals surface area contributed by atoms with Crippen LogP contribution < -0.4 is 10.3 Å². The van der Waals surface area contributed by atoms with Crippen LogP contribution >= 0.6 is 0 Å². The van der Waals surface area contributed by atoms with Crippen LogP contribution in [0.25, 0.3) is 11.0 Å². The van der Waals surface area contributed by atoms with E-state index in [1.807, 2.05) is 0 Å². The van der Waals surface area contributed by atoms with Crippen LogP contribution in [-0.4, -0.2) is 26.5 Å². The summed E-state index contributed by atoms with van der Waals surface area (Å²) in [5.41, 5.74) is 0.370. The maximum absolute atomic E-state index is 12.4. The second-order valence-corrected chi connectivity index (χ2v) is 4.48. The van der Waals surface area contributed by atoms with Crippen molar-refractivity contribution < 1.29 is 17.9 Å². The van der Waals surface area contributed by atoms with Gasteiger partial charge >= 0.3 is 6.36 Å². The second kappa shape index (κ2) is 5.17. The molecule has 0 aliphatic heterocycles. The fourth-order valence-corrected chi connectivity index (χ4v) is 2.04. The number of nitrogens with zero attached hydrogens (tertiary/aromatic N) is 2. The highest BCUT2D eigenvalue weighted by Crippen LogP contribution is 2.27. The van der Waals surface area contributed by atoms with Crippen LogP contribution in [0.4, 0.5) is 13.2 Å². The van der Waals surface area contributed by atoms with Gasteiger partial charge in [-0.15, -0.1) is 13.2 Å². The zero-order valence-corrected chi connectivity index (χ0v) is 10.9. The Morgan fingerprint density at radius 3 is 2.77 bits per heavy atom. The first-order valence-corrected chi connectivity index (χ1v) is 6.18.